The maximum Gasteiger partial charge on any atom is 0.236 e. The SMILES string of the molecule is COc1cccc(OC[C@@H]2CCCN(C(=O)CN3Cc4cc(C)ccc4O[C@@H](C)C3)C2)c1. The third kappa shape index (κ3) is 5.74. The van der Waals surface area contributed by atoms with Gasteiger partial charge in [-0.1, -0.05) is 23.8 Å². The summed E-state index contributed by atoms with van der Waals surface area (Å²) in [4.78, 5) is 17.4. The first-order chi connectivity index (χ1) is 15.5. The zero-order valence-electron chi connectivity index (χ0n) is 19.4. The molecule has 1 saturated heterocycles. The average Bonchev–Trinajstić information content (AvgIpc) is 2.95. The summed E-state index contributed by atoms with van der Waals surface area (Å²) in [5.41, 5.74) is 2.37. The lowest BCUT2D eigenvalue weighted by Gasteiger charge is -2.34. The van der Waals surface area contributed by atoms with Crippen LogP contribution in [0.15, 0.2) is 42.5 Å². The standard InChI is InChI=1S/C26H34N2O4/c1-19-9-10-25-22(12-19)16-27(14-20(2)32-25)17-26(29)28-11-5-6-21(15-28)18-31-24-8-4-7-23(13-24)30-3/h4,7-10,12-13,20-21H,5-6,11,14-18H2,1-3H3/t20-,21+/m0/s1. The lowest BCUT2D eigenvalue weighted by atomic mass is 9.99. The number of piperidine rings is 1. The molecule has 2 aromatic carbocycles. The summed E-state index contributed by atoms with van der Waals surface area (Å²) in [6, 6.07) is 14.0. The smallest absolute Gasteiger partial charge is 0.236 e. The van der Waals surface area contributed by atoms with E-state index in [0.29, 0.717) is 19.1 Å². The van der Waals surface area contributed by atoms with Crippen molar-refractivity contribution >= 4 is 5.91 Å². The number of carbonyl (C=O) groups is 1. The van der Waals surface area contributed by atoms with Crippen molar-refractivity contribution in [3.8, 4) is 17.2 Å². The number of fused-ring (bicyclic) bond motifs is 1. The van der Waals surface area contributed by atoms with E-state index in [1.807, 2.05) is 35.2 Å². The Labute approximate surface area is 191 Å². The largest absolute Gasteiger partial charge is 0.497 e. The van der Waals surface area contributed by atoms with E-state index in [4.69, 9.17) is 14.2 Å². The van der Waals surface area contributed by atoms with Gasteiger partial charge in [-0.15, -0.1) is 0 Å². The normalized spacial score (nSPS) is 21.3. The highest BCUT2D eigenvalue weighted by Crippen LogP contribution is 2.27. The van der Waals surface area contributed by atoms with E-state index < -0.39 is 0 Å². The fourth-order valence-electron chi connectivity index (χ4n) is 4.61. The van der Waals surface area contributed by atoms with Crippen molar-refractivity contribution in [3.05, 3.63) is 53.6 Å². The Hall–Kier alpha value is -2.73. The van der Waals surface area contributed by atoms with E-state index in [9.17, 15) is 4.79 Å². The van der Waals surface area contributed by atoms with Crippen LogP contribution >= 0.6 is 0 Å². The molecular formula is C26H34N2O4. The minimum absolute atomic E-state index is 0.0529. The fourth-order valence-corrected chi connectivity index (χ4v) is 4.61. The molecule has 172 valence electrons. The molecule has 2 aromatic rings. The molecule has 0 aromatic heterocycles. The van der Waals surface area contributed by atoms with Gasteiger partial charge in [-0.25, -0.2) is 0 Å². The molecule has 1 fully saturated rings. The van der Waals surface area contributed by atoms with E-state index in [1.165, 1.54) is 5.56 Å². The van der Waals surface area contributed by atoms with Crippen LogP contribution in [0, 0.1) is 12.8 Å². The molecule has 0 bridgehead atoms. The second kappa shape index (κ2) is 10.3. The molecule has 0 aliphatic carbocycles. The summed E-state index contributed by atoms with van der Waals surface area (Å²) in [5, 5.41) is 0. The number of hydrogen-bond acceptors (Lipinski definition) is 5. The van der Waals surface area contributed by atoms with Crippen molar-refractivity contribution in [2.75, 3.05) is 39.9 Å². The number of aryl methyl sites for hydroxylation is 1. The van der Waals surface area contributed by atoms with Gasteiger partial charge in [0.2, 0.25) is 5.91 Å². The van der Waals surface area contributed by atoms with Gasteiger partial charge < -0.3 is 19.1 Å². The van der Waals surface area contributed by atoms with Crippen LogP contribution in [0.4, 0.5) is 0 Å². The van der Waals surface area contributed by atoms with Gasteiger partial charge in [-0.3, -0.25) is 9.69 Å². The predicted molar refractivity (Wildman–Crippen MR) is 124 cm³/mol. The van der Waals surface area contributed by atoms with Crippen LogP contribution in [0.25, 0.3) is 0 Å². The van der Waals surface area contributed by atoms with Gasteiger partial charge in [-0.05, 0) is 44.9 Å². The van der Waals surface area contributed by atoms with E-state index in [-0.39, 0.29) is 12.0 Å². The van der Waals surface area contributed by atoms with Gasteiger partial charge in [-0.2, -0.15) is 0 Å². The number of rotatable bonds is 6. The van der Waals surface area contributed by atoms with Crippen LogP contribution in [0.5, 0.6) is 17.2 Å². The Kier molecular flexibility index (Phi) is 7.20. The molecule has 2 aliphatic rings. The first-order valence-electron chi connectivity index (χ1n) is 11.5. The number of hydrogen-bond donors (Lipinski definition) is 0. The number of carbonyl (C=O) groups excluding carboxylic acids is 1. The zero-order valence-corrected chi connectivity index (χ0v) is 19.4. The third-order valence-corrected chi connectivity index (χ3v) is 6.21. The molecule has 2 heterocycles. The van der Waals surface area contributed by atoms with Gasteiger partial charge in [0, 0.05) is 43.7 Å². The quantitative estimate of drug-likeness (QED) is 0.685. The molecular weight excluding hydrogens is 404 g/mol. The number of ether oxygens (including phenoxy) is 3. The van der Waals surface area contributed by atoms with Crippen molar-refractivity contribution in [1.82, 2.24) is 9.80 Å². The lowest BCUT2D eigenvalue weighted by Crippen LogP contribution is -2.46. The number of benzene rings is 2. The monoisotopic (exact) mass is 438 g/mol. The van der Waals surface area contributed by atoms with Gasteiger partial charge in [0.15, 0.2) is 0 Å². The summed E-state index contributed by atoms with van der Waals surface area (Å²) in [6.45, 7) is 8.25. The molecule has 2 atom stereocenters. The minimum atomic E-state index is 0.0529. The van der Waals surface area contributed by atoms with Gasteiger partial charge >= 0.3 is 0 Å². The Morgan fingerprint density at radius 3 is 2.84 bits per heavy atom. The summed E-state index contributed by atoms with van der Waals surface area (Å²) in [7, 11) is 1.65. The third-order valence-electron chi connectivity index (χ3n) is 6.21. The number of nitrogens with zero attached hydrogens (tertiary/aromatic N) is 2. The van der Waals surface area contributed by atoms with Gasteiger partial charge in [0.05, 0.1) is 20.3 Å². The summed E-state index contributed by atoms with van der Waals surface area (Å²) < 4.78 is 17.4. The summed E-state index contributed by atoms with van der Waals surface area (Å²) >= 11 is 0. The number of likely N-dealkylation sites (tertiary alicyclic amines) is 1. The zero-order chi connectivity index (χ0) is 22.5. The fraction of sp³-hybridized carbons (Fsp3) is 0.500. The summed E-state index contributed by atoms with van der Waals surface area (Å²) in [6.07, 6.45) is 2.14. The molecule has 1 amide bonds. The van der Waals surface area contributed by atoms with Crippen molar-refractivity contribution < 1.29 is 19.0 Å². The Bertz CT molecular complexity index is 932. The number of amides is 1. The summed E-state index contributed by atoms with van der Waals surface area (Å²) in [5.74, 6) is 3.06. The second-order valence-corrected chi connectivity index (χ2v) is 9.05. The Morgan fingerprint density at radius 2 is 2.00 bits per heavy atom. The molecule has 0 unspecified atom stereocenters. The molecule has 0 spiro atoms. The maximum atomic E-state index is 13.2. The second-order valence-electron chi connectivity index (χ2n) is 9.05. The van der Waals surface area contributed by atoms with Crippen molar-refractivity contribution in [3.63, 3.8) is 0 Å². The maximum absolute atomic E-state index is 13.2. The van der Waals surface area contributed by atoms with Crippen LogP contribution in [0.1, 0.15) is 30.9 Å². The topological polar surface area (TPSA) is 51.2 Å². The number of methoxy groups -OCH3 is 1. The first kappa shape index (κ1) is 22.5. The molecule has 4 rings (SSSR count). The van der Waals surface area contributed by atoms with Crippen LogP contribution in [0.3, 0.4) is 0 Å². The van der Waals surface area contributed by atoms with Crippen LogP contribution < -0.4 is 14.2 Å². The van der Waals surface area contributed by atoms with Crippen molar-refractivity contribution in [2.45, 2.75) is 39.3 Å². The molecule has 0 N–H and O–H groups in total. The molecule has 2 aliphatic heterocycles. The molecule has 6 heteroatoms. The van der Waals surface area contributed by atoms with Gasteiger partial charge in [0.25, 0.3) is 0 Å². The molecule has 6 nitrogen and oxygen atoms in total. The van der Waals surface area contributed by atoms with Crippen LogP contribution in [-0.2, 0) is 11.3 Å². The average molecular weight is 439 g/mol. The Morgan fingerprint density at radius 1 is 1.16 bits per heavy atom. The highest BCUT2D eigenvalue weighted by Gasteiger charge is 2.27. The molecule has 0 saturated carbocycles. The lowest BCUT2D eigenvalue weighted by molar-refractivity contribution is -0.134. The Balaban J connectivity index is 1.32. The van der Waals surface area contributed by atoms with E-state index >= 15 is 0 Å². The molecule has 32 heavy (non-hydrogen) atoms. The highest BCUT2D eigenvalue weighted by molar-refractivity contribution is 5.78. The first-order valence-corrected chi connectivity index (χ1v) is 11.5. The van der Waals surface area contributed by atoms with E-state index in [0.717, 1.165) is 61.8 Å². The van der Waals surface area contributed by atoms with Crippen LogP contribution in [-0.4, -0.2) is 61.7 Å². The highest BCUT2D eigenvalue weighted by atomic mass is 16.5. The van der Waals surface area contributed by atoms with Crippen molar-refractivity contribution in [1.29, 1.82) is 0 Å². The van der Waals surface area contributed by atoms with E-state index in [2.05, 4.69) is 30.9 Å². The minimum Gasteiger partial charge on any atom is -0.497 e. The van der Waals surface area contributed by atoms with Crippen LogP contribution in [0.2, 0.25) is 0 Å². The molecule has 0 radical (unpaired) electrons. The predicted octanol–water partition coefficient (Wildman–Crippen LogP) is 3.90. The van der Waals surface area contributed by atoms with E-state index in [1.54, 1.807) is 7.11 Å². The van der Waals surface area contributed by atoms with Gasteiger partial charge in [0.1, 0.15) is 23.4 Å². The van der Waals surface area contributed by atoms with Crippen molar-refractivity contribution in [2.24, 2.45) is 5.92 Å².